The van der Waals surface area contributed by atoms with Crippen LogP contribution in [0.1, 0.15) is 42.2 Å². The third-order valence-corrected chi connectivity index (χ3v) is 5.52. The molecule has 0 aliphatic rings. The van der Waals surface area contributed by atoms with Crippen LogP contribution in [0.25, 0.3) is 0 Å². The average molecular weight is 465 g/mol. The number of benzene rings is 2. The molecule has 4 N–H and O–H groups in total. The number of amides is 2. The van der Waals surface area contributed by atoms with Crippen molar-refractivity contribution < 1.29 is 14.7 Å². The number of carbonyl (C=O) groups is 2. The number of nitrogens with one attached hydrogen (secondary N) is 3. The molecule has 34 heavy (non-hydrogen) atoms. The van der Waals surface area contributed by atoms with Gasteiger partial charge >= 0.3 is 0 Å². The van der Waals surface area contributed by atoms with E-state index in [4.69, 9.17) is 0 Å². The fourth-order valence-electron chi connectivity index (χ4n) is 3.53. The highest BCUT2D eigenvalue weighted by Crippen LogP contribution is 2.32. The van der Waals surface area contributed by atoms with Crippen molar-refractivity contribution in [3.63, 3.8) is 0 Å². The van der Waals surface area contributed by atoms with Crippen LogP contribution in [0.3, 0.4) is 0 Å². The van der Waals surface area contributed by atoms with E-state index in [1.807, 2.05) is 37.3 Å². The Morgan fingerprint density at radius 3 is 2.24 bits per heavy atom. The minimum atomic E-state index is -0.808. The molecule has 2 amide bonds. The summed E-state index contributed by atoms with van der Waals surface area (Å²) in [6.07, 6.45) is 0.677. The van der Waals surface area contributed by atoms with Crippen molar-refractivity contribution >= 4 is 28.9 Å². The molecule has 0 saturated carbocycles. The highest BCUT2D eigenvalue weighted by atomic mass is 16.3. The summed E-state index contributed by atoms with van der Waals surface area (Å²) in [7, 11) is 3.10. The molecule has 0 aromatic heterocycles. The molecule has 0 aliphatic heterocycles. The van der Waals surface area contributed by atoms with Crippen LogP contribution in [-0.4, -0.2) is 42.0 Å². The maximum atomic E-state index is 12.8. The maximum Gasteiger partial charge on any atom is 0.257 e. The Morgan fingerprint density at radius 1 is 0.971 bits per heavy atom. The summed E-state index contributed by atoms with van der Waals surface area (Å²) in [5.41, 5.74) is -0.581. The van der Waals surface area contributed by atoms with Crippen molar-refractivity contribution in [1.29, 1.82) is 0 Å². The van der Waals surface area contributed by atoms with Crippen LogP contribution in [0, 0.1) is 0 Å². The molecular weight excluding hydrogens is 436 g/mol. The molecule has 0 bridgehead atoms. The lowest BCUT2D eigenvalue weighted by Gasteiger charge is -2.23. The normalized spacial score (nSPS) is 12.6. The number of hydrogen-bond donors (Lipinski definition) is 4. The molecule has 0 radical (unpaired) electrons. The Bertz CT molecular complexity index is 1260. The summed E-state index contributed by atoms with van der Waals surface area (Å²) >= 11 is 0. The minimum Gasteiger partial charge on any atom is -0.505 e. The first-order chi connectivity index (χ1) is 16.1. The molecule has 3 aromatic rings. The van der Waals surface area contributed by atoms with Gasteiger partial charge in [-0.05, 0) is 31.0 Å². The molecule has 0 heterocycles. The number of hydrogen-bond acceptors (Lipinski definition) is 7. The van der Waals surface area contributed by atoms with Crippen LogP contribution < -0.4 is 26.8 Å². The van der Waals surface area contributed by atoms with Crippen molar-refractivity contribution in [3.05, 3.63) is 80.1 Å². The summed E-state index contributed by atoms with van der Waals surface area (Å²) in [4.78, 5) is 50.7. The van der Waals surface area contributed by atoms with E-state index < -0.39 is 22.8 Å². The molecule has 9 heteroatoms. The molecule has 0 aliphatic carbocycles. The quantitative estimate of drug-likeness (QED) is 0.283. The van der Waals surface area contributed by atoms with E-state index in [2.05, 4.69) is 16.0 Å². The summed E-state index contributed by atoms with van der Waals surface area (Å²) < 4.78 is 0. The largest absolute Gasteiger partial charge is 0.505 e. The van der Waals surface area contributed by atoms with E-state index in [0.29, 0.717) is 6.42 Å². The zero-order valence-corrected chi connectivity index (χ0v) is 19.5. The summed E-state index contributed by atoms with van der Waals surface area (Å²) in [6, 6.07) is 13.0. The lowest BCUT2D eigenvalue weighted by molar-refractivity contribution is -0.122. The number of aromatic hydroxyl groups is 1. The number of carbonyl (C=O) groups excluding carboxylic acids is 2. The van der Waals surface area contributed by atoms with Gasteiger partial charge in [0.25, 0.3) is 16.8 Å². The van der Waals surface area contributed by atoms with Gasteiger partial charge in [0, 0.05) is 14.1 Å². The van der Waals surface area contributed by atoms with E-state index in [-0.39, 0.29) is 40.3 Å². The molecule has 9 nitrogen and oxygen atoms in total. The van der Waals surface area contributed by atoms with Crippen molar-refractivity contribution in [1.82, 2.24) is 10.2 Å². The van der Waals surface area contributed by atoms with E-state index in [0.717, 1.165) is 5.56 Å². The minimum absolute atomic E-state index is 0.0440. The second-order valence-corrected chi connectivity index (χ2v) is 8.18. The molecule has 3 rings (SSSR count). The van der Waals surface area contributed by atoms with Crippen molar-refractivity contribution in [2.24, 2.45) is 0 Å². The van der Waals surface area contributed by atoms with Gasteiger partial charge in [0.1, 0.15) is 17.4 Å². The van der Waals surface area contributed by atoms with E-state index in [1.54, 1.807) is 27.1 Å². The highest BCUT2D eigenvalue weighted by molar-refractivity contribution is 5.99. The predicted molar refractivity (Wildman–Crippen MR) is 131 cm³/mol. The third kappa shape index (κ3) is 4.93. The Morgan fingerprint density at radius 2 is 1.62 bits per heavy atom. The Kier molecular flexibility index (Phi) is 7.35. The molecule has 0 spiro atoms. The molecule has 0 saturated heterocycles. The van der Waals surface area contributed by atoms with Gasteiger partial charge in [-0.3, -0.25) is 19.2 Å². The van der Waals surface area contributed by atoms with Gasteiger partial charge in [-0.15, -0.1) is 0 Å². The second-order valence-electron chi connectivity index (χ2n) is 8.18. The molecule has 2 atom stereocenters. The Hall–Kier alpha value is -4.14. The predicted octanol–water partition coefficient (Wildman–Crippen LogP) is 2.50. The SMILES string of the molecule is CC[C@@H](NC(=O)[C@@H](C)Nc1c(Nc2cccc(C(=O)N(C)C)c2O)c(=O)c1=O)c1ccccc1. The first kappa shape index (κ1) is 24.5. The Balaban J connectivity index is 1.76. The second kappa shape index (κ2) is 10.2. The molecule has 0 unspecified atom stereocenters. The van der Waals surface area contributed by atoms with Crippen molar-refractivity contribution in [2.75, 3.05) is 24.7 Å². The van der Waals surface area contributed by atoms with Crippen LogP contribution in [0.15, 0.2) is 58.1 Å². The van der Waals surface area contributed by atoms with Gasteiger partial charge in [0.05, 0.1) is 17.3 Å². The zero-order chi connectivity index (χ0) is 25.0. The third-order valence-electron chi connectivity index (χ3n) is 5.52. The lowest BCUT2D eigenvalue weighted by Crippen LogP contribution is -2.44. The van der Waals surface area contributed by atoms with Crippen LogP contribution in [-0.2, 0) is 4.79 Å². The smallest absolute Gasteiger partial charge is 0.257 e. The van der Waals surface area contributed by atoms with Crippen LogP contribution >= 0.6 is 0 Å². The zero-order valence-electron chi connectivity index (χ0n) is 19.5. The van der Waals surface area contributed by atoms with E-state index in [9.17, 15) is 24.3 Å². The van der Waals surface area contributed by atoms with Crippen LogP contribution in [0.4, 0.5) is 17.1 Å². The maximum absolute atomic E-state index is 12.8. The topological polar surface area (TPSA) is 128 Å². The fraction of sp³-hybridized carbons (Fsp3) is 0.280. The van der Waals surface area contributed by atoms with Gasteiger partial charge < -0.3 is 26.0 Å². The number of para-hydroxylation sites is 1. The van der Waals surface area contributed by atoms with Crippen LogP contribution in [0.2, 0.25) is 0 Å². The summed E-state index contributed by atoms with van der Waals surface area (Å²) in [6.45, 7) is 3.54. The van der Waals surface area contributed by atoms with Gasteiger partial charge in [0.2, 0.25) is 5.91 Å². The fourth-order valence-corrected chi connectivity index (χ4v) is 3.53. The summed E-state index contributed by atoms with van der Waals surface area (Å²) in [5.74, 6) is -1.10. The molecule has 178 valence electrons. The van der Waals surface area contributed by atoms with Gasteiger partial charge in [-0.25, -0.2) is 0 Å². The first-order valence-electron chi connectivity index (χ1n) is 10.9. The highest BCUT2D eigenvalue weighted by Gasteiger charge is 2.27. The molecular formula is C25H28N4O5. The number of phenols is 1. The van der Waals surface area contributed by atoms with Gasteiger partial charge in [-0.1, -0.05) is 43.3 Å². The lowest BCUT2D eigenvalue weighted by atomic mass is 10.0. The van der Waals surface area contributed by atoms with Crippen molar-refractivity contribution in [3.8, 4) is 5.75 Å². The Labute approximate surface area is 197 Å². The first-order valence-corrected chi connectivity index (χ1v) is 10.9. The van der Waals surface area contributed by atoms with Gasteiger partial charge in [0.15, 0.2) is 5.75 Å². The van der Waals surface area contributed by atoms with E-state index >= 15 is 0 Å². The molecule has 3 aromatic carbocycles. The number of phenolic OH excluding ortho intramolecular Hbond substituents is 1. The van der Waals surface area contributed by atoms with Crippen molar-refractivity contribution in [2.45, 2.75) is 32.4 Å². The van der Waals surface area contributed by atoms with Gasteiger partial charge in [-0.2, -0.15) is 0 Å². The average Bonchev–Trinajstić information content (AvgIpc) is 2.84. The summed E-state index contributed by atoms with van der Waals surface area (Å²) in [5, 5.41) is 19.0. The van der Waals surface area contributed by atoms with E-state index in [1.165, 1.54) is 17.0 Å². The number of nitrogens with zero attached hydrogens (tertiary/aromatic N) is 1. The standard InChI is InChI=1S/C25H28N4O5/c1-5-17(15-10-7-6-8-11-15)28-24(33)14(2)26-19-20(23(32)22(19)31)27-18-13-9-12-16(21(18)30)25(34)29(3)4/h6-14,17,26-27,30H,5H2,1-4H3,(H,28,33)/t14-,17-/m1/s1. The monoisotopic (exact) mass is 464 g/mol. The number of rotatable bonds is 9. The number of anilines is 3. The van der Waals surface area contributed by atoms with Crippen LogP contribution in [0.5, 0.6) is 5.75 Å². The molecule has 0 fully saturated rings.